The third-order valence-electron chi connectivity index (χ3n) is 3.32. The fourth-order valence-corrected chi connectivity index (χ4v) is 2.20. The van der Waals surface area contributed by atoms with Crippen LogP contribution in [0.15, 0.2) is 30.1 Å². The molecule has 0 amide bonds. The van der Waals surface area contributed by atoms with Crippen molar-refractivity contribution in [3.63, 3.8) is 0 Å². The van der Waals surface area contributed by atoms with Crippen LogP contribution in [-0.4, -0.2) is 18.5 Å². The first-order valence-electron chi connectivity index (χ1n) is 5.62. The maximum Gasteiger partial charge on any atom is 0.231 e. The maximum absolute atomic E-state index is 13.2. The van der Waals surface area contributed by atoms with Gasteiger partial charge in [-0.15, -0.1) is 0 Å². The summed E-state index contributed by atoms with van der Waals surface area (Å²) in [5, 5.41) is 8.74. The van der Waals surface area contributed by atoms with Crippen molar-refractivity contribution in [3.05, 3.63) is 35.7 Å². The lowest BCUT2D eigenvalue weighted by Gasteiger charge is -2.11. The minimum atomic E-state index is -0.535. The number of fused-ring (bicyclic) bond motifs is 1. The molecule has 3 rings (SSSR count). The van der Waals surface area contributed by atoms with Crippen LogP contribution in [0.2, 0.25) is 0 Å². The second-order valence-corrected chi connectivity index (χ2v) is 4.47. The highest BCUT2D eigenvalue weighted by molar-refractivity contribution is 5.49. The fourth-order valence-electron chi connectivity index (χ4n) is 2.20. The van der Waals surface area contributed by atoms with E-state index in [2.05, 4.69) is 0 Å². The summed E-state index contributed by atoms with van der Waals surface area (Å²) in [5.74, 6) is 0.975. The van der Waals surface area contributed by atoms with E-state index in [1.807, 2.05) is 18.2 Å². The topological polar surface area (TPSA) is 38.7 Å². The van der Waals surface area contributed by atoms with Crippen molar-refractivity contribution in [2.75, 3.05) is 13.4 Å². The van der Waals surface area contributed by atoms with Gasteiger partial charge >= 0.3 is 0 Å². The van der Waals surface area contributed by atoms with Crippen molar-refractivity contribution >= 4 is 0 Å². The van der Waals surface area contributed by atoms with Crippen LogP contribution in [0.4, 0.5) is 4.39 Å². The van der Waals surface area contributed by atoms with Gasteiger partial charge in [0, 0.05) is 5.41 Å². The molecule has 1 aromatic rings. The van der Waals surface area contributed by atoms with E-state index in [1.165, 1.54) is 6.08 Å². The molecule has 17 heavy (non-hydrogen) atoms. The van der Waals surface area contributed by atoms with Crippen LogP contribution in [0.5, 0.6) is 11.5 Å². The van der Waals surface area contributed by atoms with Crippen LogP contribution in [0.25, 0.3) is 0 Å². The molecule has 0 radical (unpaired) electrons. The molecule has 3 nitrogen and oxygen atoms in total. The molecule has 0 spiro atoms. The molecule has 2 aliphatic rings. The molecule has 1 saturated carbocycles. The number of aliphatic hydroxyl groups excluding tert-OH is 1. The van der Waals surface area contributed by atoms with E-state index in [0.29, 0.717) is 5.75 Å². The SMILES string of the molecule is OC/C(F)=C\C1(c2ccc3c(c2)OCO3)CC1. The average Bonchev–Trinajstić information content (AvgIpc) is 2.97. The van der Waals surface area contributed by atoms with E-state index >= 15 is 0 Å². The largest absolute Gasteiger partial charge is 0.454 e. The first-order valence-corrected chi connectivity index (χ1v) is 5.62. The van der Waals surface area contributed by atoms with Gasteiger partial charge in [0.25, 0.3) is 0 Å². The van der Waals surface area contributed by atoms with Gasteiger partial charge in [-0.05, 0) is 36.6 Å². The van der Waals surface area contributed by atoms with Crippen LogP contribution in [0.3, 0.4) is 0 Å². The lowest BCUT2D eigenvalue weighted by atomic mass is 9.95. The molecule has 1 aromatic carbocycles. The number of ether oxygens (including phenoxy) is 2. The zero-order valence-corrected chi connectivity index (χ0v) is 9.28. The van der Waals surface area contributed by atoms with E-state index in [-0.39, 0.29) is 12.2 Å². The van der Waals surface area contributed by atoms with Crippen molar-refractivity contribution in [2.24, 2.45) is 0 Å². The molecule has 1 fully saturated rings. The Morgan fingerprint density at radius 1 is 1.35 bits per heavy atom. The molecule has 0 atom stereocenters. The molecule has 1 N–H and O–H groups in total. The van der Waals surface area contributed by atoms with Crippen LogP contribution in [-0.2, 0) is 5.41 Å². The lowest BCUT2D eigenvalue weighted by molar-refractivity contribution is 0.174. The molecular weight excluding hydrogens is 223 g/mol. The van der Waals surface area contributed by atoms with E-state index in [0.717, 1.165) is 24.2 Å². The smallest absolute Gasteiger partial charge is 0.231 e. The molecule has 0 unspecified atom stereocenters. The van der Waals surface area contributed by atoms with Crippen LogP contribution < -0.4 is 9.47 Å². The zero-order valence-electron chi connectivity index (χ0n) is 9.28. The van der Waals surface area contributed by atoms with Crippen molar-refractivity contribution in [3.8, 4) is 11.5 Å². The van der Waals surface area contributed by atoms with E-state index < -0.39 is 12.4 Å². The van der Waals surface area contributed by atoms with Gasteiger partial charge in [-0.25, -0.2) is 4.39 Å². The van der Waals surface area contributed by atoms with Crippen molar-refractivity contribution in [1.82, 2.24) is 0 Å². The molecule has 4 heteroatoms. The van der Waals surface area contributed by atoms with Gasteiger partial charge in [0.1, 0.15) is 5.83 Å². The highest BCUT2D eigenvalue weighted by Gasteiger charge is 2.43. The highest BCUT2D eigenvalue weighted by atomic mass is 19.1. The summed E-state index contributed by atoms with van der Waals surface area (Å²) in [4.78, 5) is 0. The zero-order chi connectivity index (χ0) is 11.9. The van der Waals surface area contributed by atoms with E-state index in [9.17, 15) is 4.39 Å². The van der Waals surface area contributed by atoms with Crippen molar-refractivity contribution < 1.29 is 19.0 Å². The molecule has 1 aliphatic heterocycles. The standard InChI is InChI=1S/C13H13FO3/c14-10(7-15)6-13(3-4-13)9-1-2-11-12(5-9)17-8-16-11/h1-2,5-6,15H,3-4,7-8H2/b10-6+. The van der Waals surface area contributed by atoms with Crippen LogP contribution >= 0.6 is 0 Å². The van der Waals surface area contributed by atoms with Crippen LogP contribution in [0, 0.1) is 0 Å². The summed E-state index contributed by atoms with van der Waals surface area (Å²) in [5.41, 5.74) is 0.763. The highest BCUT2D eigenvalue weighted by Crippen LogP contribution is 2.52. The van der Waals surface area contributed by atoms with Gasteiger partial charge in [-0.3, -0.25) is 0 Å². The first kappa shape index (κ1) is 10.6. The van der Waals surface area contributed by atoms with Gasteiger partial charge < -0.3 is 14.6 Å². The van der Waals surface area contributed by atoms with Gasteiger partial charge in [-0.2, -0.15) is 0 Å². The summed E-state index contributed by atoms with van der Waals surface area (Å²) in [6.07, 6.45) is 3.32. The second kappa shape index (κ2) is 3.74. The summed E-state index contributed by atoms with van der Waals surface area (Å²) >= 11 is 0. The Bertz CT molecular complexity index is 478. The number of aliphatic hydroxyl groups is 1. The van der Waals surface area contributed by atoms with Crippen molar-refractivity contribution in [1.29, 1.82) is 0 Å². The Balaban J connectivity index is 1.94. The van der Waals surface area contributed by atoms with Gasteiger partial charge in [0.15, 0.2) is 11.5 Å². The Hall–Kier alpha value is -1.55. The number of rotatable bonds is 3. The number of allylic oxidation sites excluding steroid dienone is 1. The molecule has 90 valence electrons. The maximum atomic E-state index is 13.2. The Morgan fingerprint density at radius 2 is 2.12 bits per heavy atom. The quantitative estimate of drug-likeness (QED) is 0.875. The second-order valence-electron chi connectivity index (χ2n) is 4.47. The third-order valence-corrected chi connectivity index (χ3v) is 3.32. The van der Waals surface area contributed by atoms with Crippen molar-refractivity contribution in [2.45, 2.75) is 18.3 Å². The van der Waals surface area contributed by atoms with Crippen LogP contribution in [0.1, 0.15) is 18.4 Å². The monoisotopic (exact) mass is 236 g/mol. The Morgan fingerprint density at radius 3 is 2.82 bits per heavy atom. The predicted octanol–water partition coefficient (Wildman–Crippen LogP) is 2.29. The van der Waals surface area contributed by atoms with E-state index in [1.54, 1.807) is 0 Å². The summed E-state index contributed by atoms with van der Waals surface area (Å²) in [6.45, 7) is -0.293. The molecule has 0 bridgehead atoms. The fraction of sp³-hybridized carbons (Fsp3) is 0.385. The molecule has 0 saturated heterocycles. The normalized spacial score (nSPS) is 20.5. The average molecular weight is 236 g/mol. The van der Waals surface area contributed by atoms with Gasteiger partial charge in [-0.1, -0.05) is 6.07 Å². The molecule has 0 aromatic heterocycles. The van der Waals surface area contributed by atoms with Gasteiger partial charge in [0.2, 0.25) is 6.79 Å². The number of benzene rings is 1. The molecule has 1 heterocycles. The van der Waals surface area contributed by atoms with Gasteiger partial charge in [0.05, 0.1) is 6.61 Å². The minimum Gasteiger partial charge on any atom is -0.454 e. The lowest BCUT2D eigenvalue weighted by Crippen LogP contribution is -2.04. The molecular formula is C13H13FO3. The first-order chi connectivity index (χ1) is 8.23. The number of hydrogen-bond acceptors (Lipinski definition) is 3. The summed E-state index contributed by atoms with van der Waals surface area (Å²) < 4.78 is 23.7. The summed E-state index contributed by atoms with van der Waals surface area (Å²) in [7, 11) is 0. The number of halogens is 1. The number of hydrogen-bond donors (Lipinski definition) is 1. The Kier molecular flexibility index (Phi) is 2.33. The molecule has 1 aliphatic carbocycles. The third kappa shape index (κ3) is 1.78. The predicted molar refractivity (Wildman–Crippen MR) is 59.8 cm³/mol. The Labute approximate surface area is 98.5 Å². The summed E-state index contributed by atoms with van der Waals surface area (Å²) in [6, 6.07) is 5.68. The van der Waals surface area contributed by atoms with E-state index in [4.69, 9.17) is 14.6 Å². The minimum absolute atomic E-state index is 0.243.